The minimum atomic E-state index is -0.874. The van der Waals surface area contributed by atoms with E-state index in [0.717, 1.165) is 23.3 Å². The number of hydrogen-bond donors (Lipinski definition) is 1. The number of anilines is 1. The molecular formula is C15H13F2NO. The van der Waals surface area contributed by atoms with E-state index >= 15 is 0 Å². The Kier molecular flexibility index (Phi) is 3.60. The molecule has 0 spiro atoms. The zero-order valence-electron chi connectivity index (χ0n) is 10.6. The Hall–Kier alpha value is -2.23. The quantitative estimate of drug-likeness (QED) is 0.874. The first-order valence-electron chi connectivity index (χ1n) is 5.81. The highest BCUT2D eigenvalue weighted by atomic mass is 19.1. The zero-order chi connectivity index (χ0) is 14.0. The number of aryl methyl sites for hydroxylation is 2. The van der Waals surface area contributed by atoms with Gasteiger partial charge in [0.25, 0.3) is 5.91 Å². The van der Waals surface area contributed by atoms with E-state index in [4.69, 9.17) is 0 Å². The molecule has 0 heterocycles. The minimum absolute atomic E-state index is 0.510. The molecule has 1 N–H and O–H groups in total. The van der Waals surface area contributed by atoms with Crippen molar-refractivity contribution in [3.05, 3.63) is 64.7 Å². The normalized spacial score (nSPS) is 10.3. The Morgan fingerprint density at radius 3 is 2.21 bits per heavy atom. The molecule has 0 aliphatic carbocycles. The number of nitrogens with one attached hydrogen (secondary N) is 1. The van der Waals surface area contributed by atoms with Crippen molar-refractivity contribution in [2.24, 2.45) is 0 Å². The number of carbonyl (C=O) groups is 1. The standard InChI is InChI=1S/C15H13F2NO/c1-9-6-7-11(8-10(9)2)18-15(19)14-12(16)4-3-5-13(14)17/h3-8H,1-2H3,(H,18,19). The number of benzene rings is 2. The second-order valence-corrected chi connectivity index (χ2v) is 4.35. The Labute approximate surface area is 110 Å². The summed E-state index contributed by atoms with van der Waals surface area (Å²) in [4.78, 5) is 11.9. The number of carbonyl (C=O) groups excluding carboxylic acids is 1. The summed E-state index contributed by atoms with van der Waals surface area (Å²) in [7, 11) is 0. The van der Waals surface area contributed by atoms with Gasteiger partial charge in [0.2, 0.25) is 0 Å². The van der Waals surface area contributed by atoms with Gasteiger partial charge in [-0.2, -0.15) is 0 Å². The van der Waals surface area contributed by atoms with Crippen LogP contribution in [0.25, 0.3) is 0 Å². The van der Waals surface area contributed by atoms with E-state index < -0.39 is 23.1 Å². The summed E-state index contributed by atoms with van der Waals surface area (Å²) >= 11 is 0. The lowest BCUT2D eigenvalue weighted by Gasteiger charge is -2.08. The number of amides is 1. The lowest BCUT2D eigenvalue weighted by atomic mass is 10.1. The molecule has 2 nitrogen and oxygen atoms in total. The van der Waals surface area contributed by atoms with Gasteiger partial charge < -0.3 is 5.32 Å². The van der Waals surface area contributed by atoms with Gasteiger partial charge in [-0.15, -0.1) is 0 Å². The van der Waals surface area contributed by atoms with E-state index in [9.17, 15) is 13.6 Å². The first-order chi connectivity index (χ1) is 8.99. The van der Waals surface area contributed by atoms with Crippen molar-refractivity contribution in [2.45, 2.75) is 13.8 Å². The van der Waals surface area contributed by atoms with Gasteiger partial charge in [0.15, 0.2) is 0 Å². The molecule has 1 amide bonds. The van der Waals surface area contributed by atoms with Gasteiger partial charge in [-0.25, -0.2) is 8.78 Å². The largest absolute Gasteiger partial charge is 0.322 e. The Bertz CT molecular complexity index is 618. The molecule has 0 saturated heterocycles. The van der Waals surface area contributed by atoms with E-state index in [2.05, 4.69) is 5.32 Å². The highest BCUT2D eigenvalue weighted by Gasteiger charge is 2.17. The molecule has 0 fully saturated rings. The fourth-order valence-electron chi connectivity index (χ4n) is 1.73. The van der Waals surface area contributed by atoms with Crippen molar-refractivity contribution in [1.82, 2.24) is 0 Å². The summed E-state index contributed by atoms with van der Waals surface area (Å²) in [5, 5.41) is 2.49. The van der Waals surface area contributed by atoms with Crippen LogP contribution in [0.4, 0.5) is 14.5 Å². The third kappa shape index (κ3) is 2.78. The van der Waals surface area contributed by atoms with Crippen molar-refractivity contribution in [2.75, 3.05) is 5.32 Å². The second kappa shape index (κ2) is 5.18. The molecule has 0 saturated carbocycles. The van der Waals surface area contributed by atoms with Crippen LogP contribution >= 0.6 is 0 Å². The maximum Gasteiger partial charge on any atom is 0.261 e. The summed E-state index contributed by atoms with van der Waals surface area (Å²) in [5.41, 5.74) is 2.01. The Balaban J connectivity index is 2.28. The molecule has 0 aliphatic rings. The fraction of sp³-hybridized carbons (Fsp3) is 0.133. The summed E-state index contributed by atoms with van der Waals surface area (Å²) in [6.07, 6.45) is 0. The predicted molar refractivity (Wildman–Crippen MR) is 70.2 cm³/mol. The first kappa shape index (κ1) is 13.2. The Morgan fingerprint density at radius 2 is 1.63 bits per heavy atom. The van der Waals surface area contributed by atoms with Gasteiger partial charge in [0, 0.05) is 5.69 Å². The molecule has 2 aromatic carbocycles. The van der Waals surface area contributed by atoms with Gasteiger partial charge in [-0.1, -0.05) is 12.1 Å². The lowest BCUT2D eigenvalue weighted by Crippen LogP contribution is -2.15. The molecule has 0 bridgehead atoms. The van der Waals surface area contributed by atoms with E-state index in [1.54, 1.807) is 12.1 Å². The summed E-state index contributed by atoms with van der Waals surface area (Å²) in [6, 6.07) is 8.61. The monoisotopic (exact) mass is 261 g/mol. The highest BCUT2D eigenvalue weighted by molar-refractivity contribution is 6.04. The average molecular weight is 261 g/mol. The molecule has 0 radical (unpaired) electrons. The minimum Gasteiger partial charge on any atom is -0.322 e. The van der Waals surface area contributed by atoms with Crippen LogP contribution in [-0.2, 0) is 0 Å². The van der Waals surface area contributed by atoms with E-state index in [0.29, 0.717) is 5.69 Å². The van der Waals surface area contributed by atoms with Crippen LogP contribution in [0.2, 0.25) is 0 Å². The highest BCUT2D eigenvalue weighted by Crippen LogP contribution is 2.17. The molecule has 0 aromatic heterocycles. The molecule has 2 rings (SSSR count). The van der Waals surface area contributed by atoms with Gasteiger partial charge in [0.1, 0.15) is 17.2 Å². The summed E-state index contributed by atoms with van der Waals surface area (Å²) in [6.45, 7) is 3.84. The molecule has 0 unspecified atom stereocenters. The number of rotatable bonds is 2. The third-order valence-electron chi connectivity index (χ3n) is 2.95. The van der Waals surface area contributed by atoms with Crippen molar-refractivity contribution in [3.63, 3.8) is 0 Å². The van der Waals surface area contributed by atoms with E-state index in [1.165, 1.54) is 6.07 Å². The van der Waals surface area contributed by atoms with Gasteiger partial charge in [-0.3, -0.25) is 4.79 Å². The van der Waals surface area contributed by atoms with Crippen molar-refractivity contribution < 1.29 is 13.6 Å². The SMILES string of the molecule is Cc1ccc(NC(=O)c2c(F)cccc2F)cc1C. The maximum atomic E-state index is 13.4. The van der Waals surface area contributed by atoms with Crippen LogP contribution in [-0.4, -0.2) is 5.91 Å². The topological polar surface area (TPSA) is 29.1 Å². The lowest BCUT2D eigenvalue weighted by molar-refractivity contribution is 0.101. The van der Waals surface area contributed by atoms with Crippen LogP contribution in [0.1, 0.15) is 21.5 Å². The van der Waals surface area contributed by atoms with E-state index in [1.807, 2.05) is 19.9 Å². The second-order valence-electron chi connectivity index (χ2n) is 4.35. The van der Waals surface area contributed by atoms with Crippen LogP contribution in [0, 0.1) is 25.5 Å². The first-order valence-corrected chi connectivity index (χ1v) is 5.81. The number of hydrogen-bond acceptors (Lipinski definition) is 1. The van der Waals surface area contributed by atoms with Crippen molar-refractivity contribution in [1.29, 1.82) is 0 Å². The van der Waals surface area contributed by atoms with Crippen LogP contribution in [0.3, 0.4) is 0 Å². The van der Waals surface area contributed by atoms with Gasteiger partial charge in [-0.05, 0) is 49.2 Å². The molecule has 0 atom stereocenters. The average Bonchev–Trinajstić information content (AvgIpc) is 2.33. The Morgan fingerprint density at radius 1 is 1.00 bits per heavy atom. The number of halogens is 2. The molecule has 0 aliphatic heterocycles. The van der Waals surface area contributed by atoms with E-state index in [-0.39, 0.29) is 0 Å². The van der Waals surface area contributed by atoms with Gasteiger partial charge >= 0.3 is 0 Å². The molecular weight excluding hydrogens is 248 g/mol. The molecule has 19 heavy (non-hydrogen) atoms. The van der Waals surface area contributed by atoms with Crippen LogP contribution < -0.4 is 5.32 Å². The molecule has 4 heteroatoms. The van der Waals surface area contributed by atoms with Gasteiger partial charge in [0.05, 0.1) is 0 Å². The smallest absolute Gasteiger partial charge is 0.261 e. The summed E-state index contributed by atoms with van der Waals surface area (Å²) in [5.74, 6) is -2.54. The summed E-state index contributed by atoms with van der Waals surface area (Å²) < 4.78 is 26.9. The van der Waals surface area contributed by atoms with Crippen molar-refractivity contribution in [3.8, 4) is 0 Å². The van der Waals surface area contributed by atoms with Crippen LogP contribution in [0.5, 0.6) is 0 Å². The molecule has 98 valence electrons. The molecule has 2 aromatic rings. The third-order valence-corrected chi connectivity index (χ3v) is 2.95. The predicted octanol–water partition coefficient (Wildman–Crippen LogP) is 3.83. The van der Waals surface area contributed by atoms with Crippen molar-refractivity contribution >= 4 is 11.6 Å². The van der Waals surface area contributed by atoms with Crippen LogP contribution in [0.15, 0.2) is 36.4 Å². The maximum absolute atomic E-state index is 13.4. The zero-order valence-corrected chi connectivity index (χ0v) is 10.6. The fourth-order valence-corrected chi connectivity index (χ4v) is 1.73.